The molecule has 0 aliphatic carbocycles. The average Bonchev–Trinajstić information content (AvgIpc) is 2.73. The average molecular weight is 411 g/mol. The Morgan fingerprint density at radius 1 is 1.03 bits per heavy atom. The van der Waals surface area contributed by atoms with Crippen LogP contribution in [-0.4, -0.2) is 48.9 Å². The van der Waals surface area contributed by atoms with Crippen LogP contribution < -0.4 is 4.74 Å². The van der Waals surface area contributed by atoms with Crippen LogP contribution in [0.3, 0.4) is 0 Å². The van der Waals surface area contributed by atoms with Crippen LogP contribution in [0.1, 0.15) is 58.3 Å². The van der Waals surface area contributed by atoms with Gasteiger partial charge in [-0.2, -0.15) is 0 Å². The highest BCUT2D eigenvalue weighted by molar-refractivity contribution is 5.81. The van der Waals surface area contributed by atoms with E-state index < -0.39 is 6.29 Å². The van der Waals surface area contributed by atoms with Gasteiger partial charge >= 0.3 is 5.97 Å². The van der Waals surface area contributed by atoms with Crippen molar-refractivity contribution in [3.63, 3.8) is 0 Å². The molecule has 0 saturated heterocycles. The van der Waals surface area contributed by atoms with E-state index in [1.807, 2.05) is 18.2 Å². The standard InChI is InChI=1S/C13H24O2.C10H14O4/c1-3-5-6-7-8-9-10-11-12-15-13(14)4-2;11-6-7-13-8-10(12)14-9-4-2-1-3-5-9/h4H,2-3,5-12H2,1H3;1-5,10-12H,6-8H2. The molecule has 0 aliphatic heterocycles. The van der Waals surface area contributed by atoms with Crippen LogP contribution in [0.5, 0.6) is 5.75 Å². The van der Waals surface area contributed by atoms with Crippen LogP contribution in [0.25, 0.3) is 0 Å². The number of carbonyl (C=O) groups is 1. The number of aliphatic hydroxyl groups is 2. The van der Waals surface area contributed by atoms with Crippen molar-refractivity contribution in [3.8, 4) is 5.75 Å². The number of unbranched alkanes of at least 4 members (excludes halogenated alkanes) is 7. The lowest BCUT2D eigenvalue weighted by molar-refractivity contribution is -0.137. The molecule has 6 nitrogen and oxygen atoms in total. The molecular weight excluding hydrogens is 372 g/mol. The van der Waals surface area contributed by atoms with Crippen molar-refractivity contribution >= 4 is 5.97 Å². The Labute approximate surface area is 175 Å². The quantitative estimate of drug-likeness (QED) is 0.183. The molecule has 0 spiro atoms. The Morgan fingerprint density at radius 2 is 1.66 bits per heavy atom. The largest absolute Gasteiger partial charge is 0.463 e. The molecule has 1 rings (SSSR count). The van der Waals surface area contributed by atoms with Gasteiger partial charge in [-0.1, -0.05) is 76.6 Å². The van der Waals surface area contributed by atoms with E-state index >= 15 is 0 Å². The first kappa shape index (κ1) is 27.1. The minimum Gasteiger partial charge on any atom is -0.463 e. The Morgan fingerprint density at radius 3 is 2.24 bits per heavy atom. The summed E-state index contributed by atoms with van der Waals surface area (Å²) in [7, 11) is 0. The van der Waals surface area contributed by atoms with Crippen molar-refractivity contribution in [2.45, 2.75) is 64.6 Å². The number of benzene rings is 1. The first-order chi connectivity index (χ1) is 14.1. The molecule has 0 radical (unpaired) electrons. The summed E-state index contributed by atoms with van der Waals surface area (Å²) in [5.74, 6) is 0.283. The van der Waals surface area contributed by atoms with E-state index in [9.17, 15) is 9.90 Å². The second-order valence-corrected chi connectivity index (χ2v) is 6.53. The van der Waals surface area contributed by atoms with E-state index in [0.29, 0.717) is 12.4 Å². The monoisotopic (exact) mass is 410 g/mol. The minimum absolute atomic E-state index is 0.0510. The first-order valence-corrected chi connectivity index (χ1v) is 10.5. The maximum absolute atomic E-state index is 10.7. The molecule has 0 aliphatic rings. The van der Waals surface area contributed by atoms with Crippen molar-refractivity contribution < 1.29 is 29.2 Å². The highest BCUT2D eigenvalue weighted by Gasteiger charge is 2.04. The second kappa shape index (κ2) is 20.8. The summed E-state index contributed by atoms with van der Waals surface area (Å²) in [6.07, 6.45) is 10.3. The van der Waals surface area contributed by atoms with Gasteiger partial charge in [-0.3, -0.25) is 0 Å². The molecule has 0 bridgehead atoms. The van der Waals surface area contributed by atoms with E-state index in [0.717, 1.165) is 12.8 Å². The molecule has 1 atom stereocenters. The van der Waals surface area contributed by atoms with Crippen molar-refractivity contribution in [1.82, 2.24) is 0 Å². The Bertz CT molecular complexity index is 491. The summed E-state index contributed by atoms with van der Waals surface area (Å²) in [6.45, 7) is 6.31. The Kier molecular flexibility index (Phi) is 19.5. The molecule has 1 aromatic carbocycles. The zero-order valence-corrected chi connectivity index (χ0v) is 17.8. The number of para-hydroxylation sites is 1. The van der Waals surface area contributed by atoms with Gasteiger partial charge < -0.3 is 24.4 Å². The Balaban J connectivity index is 0.000000541. The molecule has 29 heavy (non-hydrogen) atoms. The number of carbonyl (C=O) groups excluding carboxylic acids is 1. The smallest absolute Gasteiger partial charge is 0.330 e. The predicted octanol–water partition coefficient (Wildman–Crippen LogP) is 4.25. The molecule has 0 amide bonds. The lowest BCUT2D eigenvalue weighted by Crippen LogP contribution is -2.23. The molecule has 0 fully saturated rings. The van der Waals surface area contributed by atoms with Crippen LogP contribution >= 0.6 is 0 Å². The molecule has 0 heterocycles. The number of hydrogen-bond acceptors (Lipinski definition) is 6. The molecule has 0 aromatic heterocycles. The SMILES string of the molecule is C=CC(=O)OCCCCCCCCCC.OCCOCC(O)Oc1ccccc1. The summed E-state index contributed by atoms with van der Waals surface area (Å²) in [6, 6.07) is 8.99. The topological polar surface area (TPSA) is 85.2 Å². The summed E-state index contributed by atoms with van der Waals surface area (Å²) in [5.41, 5.74) is 0. The van der Waals surface area contributed by atoms with Crippen molar-refractivity contribution in [2.75, 3.05) is 26.4 Å². The second-order valence-electron chi connectivity index (χ2n) is 6.53. The van der Waals surface area contributed by atoms with Gasteiger partial charge in [0, 0.05) is 6.08 Å². The van der Waals surface area contributed by atoms with Gasteiger partial charge in [0.15, 0.2) is 0 Å². The fourth-order valence-corrected chi connectivity index (χ4v) is 2.41. The van der Waals surface area contributed by atoms with Gasteiger partial charge in [-0.25, -0.2) is 4.79 Å². The van der Waals surface area contributed by atoms with Crippen LogP contribution in [0.2, 0.25) is 0 Å². The summed E-state index contributed by atoms with van der Waals surface area (Å²) < 4.78 is 14.9. The molecular formula is C23H38O6. The highest BCUT2D eigenvalue weighted by Crippen LogP contribution is 2.10. The normalized spacial score (nSPS) is 11.1. The molecule has 6 heteroatoms. The maximum Gasteiger partial charge on any atom is 0.330 e. The van der Waals surface area contributed by atoms with Gasteiger partial charge in [0.2, 0.25) is 6.29 Å². The van der Waals surface area contributed by atoms with Crippen molar-refractivity contribution in [2.24, 2.45) is 0 Å². The number of rotatable bonds is 16. The van der Waals surface area contributed by atoms with Crippen LogP contribution in [-0.2, 0) is 14.3 Å². The predicted molar refractivity (Wildman–Crippen MR) is 115 cm³/mol. The van der Waals surface area contributed by atoms with E-state index in [1.165, 1.54) is 44.6 Å². The fourth-order valence-electron chi connectivity index (χ4n) is 2.41. The molecule has 1 unspecified atom stereocenters. The number of hydrogen-bond donors (Lipinski definition) is 2. The van der Waals surface area contributed by atoms with Gasteiger partial charge in [-0.15, -0.1) is 0 Å². The fraction of sp³-hybridized carbons (Fsp3) is 0.609. The van der Waals surface area contributed by atoms with E-state index in [2.05, 4.69) is 13.5 Å². The van der Waals surface area contributed by atoms with Gasteiger partial charge in [0.05, 0.1) is 19.8 Å². The zero-order chi connectivity index (χ0) is 21.6. The third kappa shape index (κ3) is 19.2. The van der Waals surface area contributed by atoms with Crippen LogP contribution in [0.4, 0.5) is 0 Å². The highest BCUT2D eigenvalue weighted by atomic mass is 16.6. The van der Waals surface area contributed by atoms with E-state index in [4.69, 9.17) is 19.3 Å². The number of esters is 1. The molecule has 2 N–H and O–H groups in total. The third-order valence-corrected chi connectivity index (χ3v) is 3.92. The first-order valence-electron chi connectivity index (χ1n) is 10.5. The van der Waals surface area contributed by atoms with Crippen molar-refractivity contribution in [3.05, 3.63) is 43.0 Å². The molecule has 166 valence electrons. The van der Waals surface area contributed by atoms with Gasteiger partial charge in [0.25, 0.3) is 0 Å². The zero-order valence-electron chi connectivity index (χ0n) is 17.8. The lowest BCUT2D eigenvalue weighted by atomic mass is 10.1. The van der Waals surface area contributed by atoms with E-state index in [1.54, 1.807) is 12.1 Å². The van der Waals surface area contributed by atoms with Gasteiger partial charge in [0.1, 0.15) is 12.4 Å². The van der Waals surface area contributed by atoms with E-state index in [-0.39, 0.29) is 25.8 Å². The lowest BCUT2D eigenvalue weighted by Gasteiger charge is -2.12. The summed E-state index contributed by atoms with van der Waals surface area (Å²) in [4.78, 5) is 10.7. The minimum atomic E-state index is -0.996. The van der Waals surface area contributed by atoms with Crippen LogP contribution in [0.15, 0.2) is 43.0 Å². The third-order valence-electron chi connectivity index (χ3n) is 3.92. The maximum atomic E-state index is 10.7. The molecule has 1 aromatic rings. The summed E-state index contributed by atoms with van der Waals surface area (Å²) in [5, 5.41) is 17.7. The number of aliphatic hydroxyl groups excluding tert-OH is 2. The summed E-state index contributed by atoms with van der Waals surface area (Å²) >= 11 is 0. The van der Waals surface area contributed by atoms with Crippen LogP contribution in [0, 0.1) is 0 Å². The number of ether oxygens (including phenoxy) is 3. The Hall–Kier alpha value is -1.89. The van der Waals surface area contributed by atoms with Gasteiger partial charge in [-0.05, 0) is 18.6 Å². The molecule has 0 saturated carbocycles. The van der Waals surface area contributed by atoms with Crippen molar-refractivity contribution in [1.29, 1.82) is 0 Å².